The van der Waals surface area contributed by atoms with Gasteiger partial charge in [-0.05, 0) is 38.5 Å². The molecule has 0 saturated heterocycles. The van der Waals surface area contributed by atoms with Crippen LogP contribution in [0.15, 0.2) is 11.6 Å². The highest BCUT2D eigenvalue weighted by Gasteiger charge is 2.60. The molecule has 3 nitrogen and oxygen atoms in total. The van der Waals surface area contributed by atoms with Crippen LogP contribution in [0, 0.1) is 17.3 Å². The molecule has 2 unspecified atom stereocenters. The molecule has 0 radical (unpaired) electrons. The van der Waals surface area contributed by atoms with Gasteiger partial charge in [0.05, 0.1) is 17.9 Å². The van der Waals surface area contributed by atoms with Crippen LogP contribution in [0.25, 0.3) is 0 Å². The number of ketones is 1. The summed E-state index contributed by atoms with van der Waals surface area (Å²) in [5, 5.41) is 0. The number of carbonyl (C=O) groups is 2. The molecule has 3 aliphatic rings. The third-order valence-electron chi connectivity index (χ3n) is 4.75. The molecule has 92 valence electrons. The molecule has 3 aliphatic carbocycles. The van der Waals surface area contributed by atoms with Crippen LogP contribution in [0.3, 0.4) is 0 Å². The predicted molar refractivity (Wildman–Crippen MR) is 62.2 cm³/mol. The van der Waals surface area contributed by atoms with Crippen LogP contribution in [-0.2, 0) is 14.3 Å². The van der Waals surface area contributed by atoms with Crippen LogP contribution in [0.4, 0.5) is 0 Å². The molecule has 0 amide bonds. The molecular weight excluding hydrogens is 216 g/mol. The smallest absolute Gasteiger partial charge is 0.312 e. The van der Waals surface area contributed by atoms with E-state index in [4.69, 9.17) is 4.74 Å². The molecule has 0 aromatic rings. The van der Waals surface area contributed by atoms with Crippen LogP contribution in [0.2, 0.25) is 0 Å². The van der Waals surface area contributed by atoms with Gasteiger partial charge in [0.2, 0.25) is 0 Å². The molecule has 0 N–H and O–H groups in total. The van der Waals surface area contributed by atoms with E-state index in [2.05, 4.69) is 0 Å². The quantitative estimate of drug-likeness (QED) is 0.543. The molecule has 1 spiro atoms. The monoisotopic (exact) mass is 234 g/mol. The lowest BCUT2D eigenvalue weighted by Gasteiger charge is -2.50. The van der Waals surface area contributed by atoms with Crippen LogP contribution in [0.5, 0.6) is 0 Å². The van der Waals surface area contributed by atoms with Crippen LogP contribution in [0.1, 0.15) is 39.0 Å². The number of allylic oxidation sites excluding steroid dienone is 1. The van der Waals surface area contributed by atoms with Crippen LogP contribution in [-0.4, -0.2) is 18.4 Å². The predicted octanol–water partition coefficient (Wildman–Crippen LogP) is 2.26. The van der Waals surface area contributed by atoms with Gasteiger partial charge in [-0.2, -0.15) is 0 Å². The molecule has 0 aromatic carbocycles. The second-order valence-corrected chi connectivity index (χ2v) is 5.44. The van der Waals surface area contributed by atoms with Crippen LogP contribution < -0.4 is 0 Å². The molecule has 3 atom stereocenters. The average molecular weight is 234 g/mol. The summed E-state index contributed by atoms with van der Waals surface area (Å²) in [5.74, 6) is 0.606. The molecule has 3 heteroatoms. The first kappa shape index (κ1) is 11.0. The summed E-state index contributed by atoms with van der Waals surface area (Å²) in [6, 6.07) is 0. The largest absolute Gasteiger partial charge is 0.466 e. The fraction of sp³-hybridized carbons (Fsp3) is 0.714. The second-order valence-electron chi connectivity index (χ2n) is 5.44. The molecule has 0 bridgehead atoms. The Bertz CT molecular complexity index is 410. The van der Waals surface area contributed by atoms with E-state index in [0.717, 1.165) is 25.7 Å². The minimum atomic E-state index is -0.136. The average Bonchev–Trinajstić information content (AvgIpc) is 2.75. The van der Waals surface area contributed by atoms with Crippen molar-refractivity contribution in [2.24, 2.45) is 17.3 Å². The van der Waals surface area contributed by atoms with Gasteiger partial charge >= 0.3 is 5.97 Å². The Kier molecular flexibility index (Phi) is 2.39. The number of Topliss-reactive ketones (excluding diaryl/α,β-unsaturated/α-hetero) is 1. The number of esters is 1. The topological polar surface area (TPSA) is 43.4 Å². The third-order valence-corrected chi connectivity index (χ3v) is 4.75. The van der Waals surface area contributed by atoms with Crippen molar-refractivity contribution in [3.8, 4) is 0 Å². The maximum atomic E-state index is 11.9. The van der Waals surface area contributed by atoms with Gasteiger partial charge in [-0.15, -0.1) is 0 Å². The number of rotatable bonds is 2. The highest BCUT2D eigenvalue weighted by atomic mass is 16.5. The Labute approximate surface area is 101 Å². The number of hydrogen-bond donors (Lipinski definition) is 0. The molecule has 3 rings (SSSR count). The minimum absolute atomic E-state index is 0.103. The maximum absolute atomic E-state index is 11.9. The lowest BCUT2D eigenvalue weighted by atomic mass is 9.51. The molecule has 0 aliphatic heterocycles. The molecule has 2 fully saturated rings. The molecular formula is C14H18O3. The van der Waals surface area contributed by atoms with Gasteiger partial charge in [-0.25, -0.2) is 0 Å². The molecule has 17 heavy (non-hydrogen) atoms. The summed E-state index contributed by atoms with van der Waals surface area (Å²) in [7, 11) is 0. The Balaban J connectivity index is 1.88. The fourth-order valence-electron chi connectivity index (χ4n) is 3.95. The van der Waals surface area contributed by atoms with Crippen molar-refractivity contribution >= 4 is 11.8 Å². The van der Waals surface area contributed by atoms with Gasteiger partial charge in [0.1, 0.15) is 5.78 Å². The maximum Gasteiger partial charge on any atom is 0.312 e. The van der Waals surface area contributed by atoms with Gasteiger partial charge in [0.25, 0.3) is 0 Å². The van der Waals surface area contributed by atoms with E-state index in [-0.39, 0.29) is 17.3 Å². The first-order valence-corrected chi connectivity index (χ1v) is 6.59. The third kappa shape index (κ3) is 1.34. The zero-order chi connectivity index (χ0) is 12.0. The zero-order valence-electron chi connectivity index (χ0n) is 10.2. The Hall–Kier alpha value is -1.12. The van der Waals surface area contributed by atoms with Crippen molar-refractivity contribution in [2.45, 2.75) is 39.0 Å². The summed E-state index contributed by atoms with van der Waals surface area (Å²) in [6.07, 6.45) is 6.64. The minimum Gasteiger partial charge on any atom is -0.466 e. The Morgan fingerprint density at radius 2 is 2.41 bits per heavy atom. The van der Waals surface area contributed by atoms with Gasteiger partial charge in [-0.1, -0.05) is 11.6 Å². The van der Waals surface area contributed by atoms with E-state index in [0.29, 0.717) is 24.7 Å². The number of hydrogen-bond acceptors (Lipinski definition) is 3. The fourth-order valence-corrected chi connectivity index (χ4v) is 3.95. The Morgan fingerprint density at radius 1 is 1.59 bits per heavy atom. The first-order chi connectivity index (χ1) is 8.18. The van der Waals surface area contributed by atoms with Gasteiger partial charge in [-0.3, -0.25) is 9.59 Å². The van der Waals surface area contributed by atoms with E-state index in [1.807, 2.05) is 13.0 Å². The van der Waals surface area contributed by atoms with Gasteiger partial charge < -0.3 is 4.74 Å². The van der Waals surface area contributed by atoms with Crippen LogP contribution >= 0.6 is 0 Å². The molecule has 2 saturated carbocycles. The van der Waals surface area contributed by atoms with Gasteiger partial charge in [0, 0.05) is 6.42 Å². The SMILES string of the molecule is CCOC(=O)[C@@H]1C=C2CCCC23C(=O)CC3C1. The normalized spacial score (nSPS) is 38.9. The van der Waals surface area contributed by atoms with E-state index in [1.54, 1.807) is 0 Å². The van der Waals surface area contributed by atoms with E-state index in [9.17, 15) is 9.59 Å². The second kappa shape index (κ2) is 3.69. The number of carbonyl (C=O) groups excluding carboxylic acids is 2. The standard InChI is InChI=1S/C14H18O3/c1-2-17-13(16)9-6-10-4-3-5-14(10)11(7-9)8-12(14)15/h6,9,11H,2-5,7-8H2,1H3/t9-,11?,14?/m1/s1. The summed E-state index contributed by atoms with van der Waals surface area (Å²) in [4.78, 5) is 23.7. The lowest BCUT2D eigenvalue weighted by Crippen LogP contribution is -2.52. The highest BCUT2D eigenvalue weighted by Crippen LogP contribution is 2.62. The van der Waals surface area contributed by atoms with Crippen molar-refractivity contribution in [3.63, 3.8) is 0 Å². The van der Waals surface area contributed by atoms with Crippen molar-refractivity contribution < 1.29 is 14.3 Å². The van der Waals surface area contributed by atoms with E-state index >= 15 is 0 Å². The van der Waals surface area contributed by atoms with Gasteiger partial charge in [0.15, 0.2) is 0 Å². The summed E-state index contributed by atoms with van der Waals surface area (Å²) < 4.78 is 5.09. The Morgan fingerprint density at radius 3 is 3.12 bits per heavy atom. The van der Waals surface area contributed by atoms with Crippen molar-refractivity contribution in [2.75, 3.05) is 6.61 Å². The lowest BCUT2D eigenvalue weighted by molar-refractivity contribution is -0.152. The first-order valence-electron chi connectivity index (χ1n) is 6.59. The van der Waals surface area contributed by atoms with Crippen molar-refractivity contribution in [1.82, 2.24) is 0 Å². The summed E-state index contributed by atoms with van der Waals surface area (Å²) in [6.45, 7) is 2.27. The number of ether oxygens (including phenoxy) is 1. The van der Waals surface area contributed by atoms with E-state index in [1.165, 1.54) is 5.57 Å². The van der Waals surface area contributed by atoms with Crippen molar-refractivity contribution in [1.29, 1.82) is 0 Å². The van der Waals surface area contributed by atoms with Crippen molar-refractivity contribution in [3.05, 3.63) is 11.6 Å². The summed E-state index contributed by atoms with van der Waals surface area (Å²) in [5.41, 5.74) is 1.10. The molecule has 0 aromatic heterocycles. The molecule has 0 heterocycles. The zero-order valence-corrected chi connectivity index (χ0v) is 10.2. The summed E-state index contributed by atoms with van der Waals surface area (Å²) >= 11 is 0. The van der Waals surface area contributed by atoms with E-state index < -0.39 is 0 Å². The highest BCUT2D eigenvalue weighted by molar-refractivity contribution is 5.96.